The number of hydrogen-bond acceptors (Lipinski definition) is 3. The van der Waals surface area contributed by atoms with E-state index >= 15 is 0 Å². The molecule has 1 aromatic rings. The minimum absolute atomic E-state index is 0.290. The van der Waals surface area contributed by atoms with Crippen molar-refractivity contribution >= 4 is 0 Å². The van der Waals surface area contributed by atoms with Gasteiger partial charge in [0.05, 0.1) is 5.60 Å². The zero-order valence-electron chi connectivity index (χ0n) is 7.90. The summed E-state index contributed by atoms with van der Waals surface area (Å²) in [6.45, 7) is 2.22. The van der Waals surface area contributed by atoms with E-state index in [1.54, 1.807) is 12.4 Å². The van der Waals surface area contributed by atoms with Crippen LogP contribution < -0.4 is 5.73 Å². The molecule has 0 fully saturated rings. The summed E-state index contributed by atoms with van der Waals surface area (Å²) >= 11 is 0. The molecule has 0 radical (unpaired) electrons. The molecule has 0 bridgehead atoms. The Balaban J connectivity index is 2.68. The molecule has 13 heavy (non-hydrogen) atoms. The van der Waals surface area contributed by atoms with Crippen molar-refractivity contribution < 1.29 is 5.11 Å². The number of nitrogens with zero attached hydrogens (tertiary/aromatic N) is 1. The lowest BCUT2D eigenvalue weighted by Gasteiger charge is -2.24. The summed E-state index contributed by atoms with van der Waals surface area (Å²) in [7, 11) is 0. The van der Waals surface area contributed by atoms with Gasteiger partial charge in [-0.3, -0.25) is 4.98 Å². The quantitative estimate of drug-likeness (QED) is 0.718. The monoisotopic (exact) mass is 180 g/mol. The van der Waals surface area contributed by atoms with Crippen molar-refractivity contribution in [3.63, 3.8) is 0 Å². The molecule has 0 aliphatic carbocycles. The fourth-order valence-corrected chi connectivity index (χ4v) is 1.22. The molecule has 3 heteroatoms. The summed E-state index contributed by atoms with van der Waals surface area (Å²) in [6.07, 6.45) is 4.72. The Labute approximate surface area is 78.6 Å². The summed E-state index contributed by atoms with van der Waals surface area (Å²) < 4.78 is 0. The second-order valence-corrected chi connectivity index (χ2v) is 3.32. The van der Waals surface area contributed by atoms with Gasteiger partial charge >= 0.3 is 0 Å². The van der Waals surface area contributed by atoms with Crippen molar-refractivity contribution in [3.05, 3.63) is 30.1 Å². The van der Waals surface area contributed by atoms with Gasteiger partial charge in [-0.05, 0) is 18.1 Å². The molecule has 0 aromatic carbocycles. The minimum Gasteiger partial charge on any atom is -0.388 e. The Morgan fingerprint density at radius 3 is 2.85 bits per heavy atom. The molecule has 1 atom stereocenters. The van der Waals surface area contributed by atoms with Crippen molar-refractivity contribution in [2.24, 2.45) is 5.73 Å². The van der Waals surface area contributed by atoms with Gasteiger partial charge in [0, 0.05) is 25.4 Å². The van der Waals surface area contributed by atoms with E-state index in [0.29, 0.717) is 19.4 Å². The molecule has 1 heterocycles. The molecule has 3 N–H and O–H groups in total. The van der Waals surface area contributed by atoms with E-state index in [2.05, 4.69) is 4.98 Å². The summed E-state index contributed by atoms with van der Waals surface area (Å²) in [5.41, 5.74) is 5.75. The maximum Gasteiger partial charge on any atom is 0.0807 e. The lowest BCUT2D eigenvalue weighted by Crippen LogP contribution is -2.39. The highest BCUT2D eigenvalue weighted by Crippen LogP contribution is 2.14. The molecular weight excluding hydrogens is 164 g/mol. The maximum absolute atomic E-state index is 9.93. The van der Waals surface area contributed by atoms with E-state index < -0.39 is 5.60 Å². The molecule has 0 saturated heterocycles. The Hall–Kier alpha value is -0.930. The van der Waals surface area contributed by atoms with Gasteiger partial charge in [-0.15, -0.1) is 0 Å². The first-order valence-corrected chi connectivity index (χ1v) is 4.51. The van der Waals surface area contributed by atoms with Gasteiger partial charge in [-0.25, -0.2) is 0 Å². The molecule has 1 unspecified atom stereocenters. The normalized spacial score (nSPS) is 15.3. The number of aromatic nitrogens is 1. The highest BCUT2D eigenvalue weighted by atomic mass is 16.3. The van der Waals surface area contributed by atoms with Crippen LogP contribution >= 0.6 is 0 Å². The molecule has 1 aromatic heterocycles. The number of hydrogen-bond donors (Lipinski definition) is 2. The fraction of sp³-hybridized carbons (Fsp3) is 0.500. The number of pyridine rings is 1. The molecule has 0 amide bonds. The van der Waals surface area contributed by atoms with Gasteiger partial charge in [0.2, 0.25) is 0 Å². The highest BCUT2D eigenvalue weighted by Gasteiger charge is 2.22. The predicted octanol–water partition coefficient (Wildman–Crippen LogP) is 0.724. The van der Waals surface area contributed by atoms with Crippen LogP contribution in [0.15, 0.2) is 24.5 Å². The average Bonchev–Trinajstić information content (AvgIpc) is 2.19. The van der Waals surface area contributed by atoms with Gasteiger partial charge < -0.3 is 10.8 Å². The van der Waals surface area contributed by atoms with E-state index in [1.165, 1.54) is 0 Å². The van der Waals surface area contributed by atoms with E-state index in [1.807, 2.05) is 19.1 Å². The van der Waals surface area contributed by atoms with Crippen LogP contribution in [0.4, 0.5) is 0 Å². The van der Waals surface area contributed by atoms with Crippen LogP contribution in [0, 0.1) is 0 Å². The number of nitrogens with two attached hydrogens (primary N) is 1. The maximum atomic E-state index is 9.93. The van der Waals surface area contributed by atoms with Gasteiger partial charge in [0.1, 0.15) is 0 Å². The molecule has 0 aliphatic rings. The van der Waals surface area contributed by atoms with Gasteiger partial charge in [-0.2, -0.15) is 0 Å². The topological polar surface area (TPSA) is 59.1 Å². The first kappa shape index (κ1) is 10.2. The molecule has 0 saturated carbocycles. The summed E-state index contributed by atoms with van der Waals surface area (Å²) in [5.74, 6) is 0. The average molecular weight is 180 g/mol. The number of rotatable bonds is 4. The standard InChI is InChI=1S/C10H16N2O/c1-2-10(13,8-11)6-9-4-3-5-12-7-9/h3-5,7,13H,2,6,8,11H2,1H3. The van der Waals surface area contributed by atoms with E-state index in [9.17, 15) is 5.11 Å². The van der Waals surface area contributed by atoms with Gasteiger partial charge in [-0.1, -0.05) is 13.0 Å². The Morgan fingerprint density at radius 2 is 2.38 bits per heavy atom. The van der Waals surface area contributed by atoms with Crippen LogP contribution in [-0.2, 0) is 6.42 Å². The van der Waals surface area contributed by atoms with Crippen LogP contribution in [0.5, 0.6) is 0 Å². The van der Waals surface area contributed by atoms with Crippen molar-refractivity contribution in [3.8, 4) is 0 Å². The van der Waals surface area contributed by atoms with Crippen LogP contribution in [0.1, 0.15) is 18.9 Å². The van der Waals surface area contributed by atoms with Gasteiger partial charge in [0.15, 0.2) is 0 Å². The third-order valence-corrected chi connectivity index (χ3v) is 2.29. The highest BCUT2D eigenvalue weighted by molar-refractivity contribution is 5.11. The van der Waals surface area contributed by atoms with Crippen molar-refractivity contribution in [1.82, 2.24) is 4.98 Å². The van der Waals surface area contributed by atoms with Crippen LogP contribution in [-0.4, -0.2) is 22.2 Å². The van der Waals surface area contributed by atoms with Crippen molar-refractivity contribution in [1.29, 1.82) is 0 Å². The summed E-state index contributed by atoms with van der Waals surface area (Å²) in [5, 5.41) is 9.93. The van der Waals surface area contributed by atoms with E-state index in [0.717, 1.165) is 5.56 Å². The SMILES string of the molecule is CCC(O)(CN)Cc1cccnc1. The Kier molecular flexibility index (Phi) is 3.39. The van der Waals surface area contributed by atoms with Crippen LogP contribution in [0.2, 0.25) is 0 Å². The molecule has 0 spiro atoms. The predicted molar refractivity (Wildman–Crippen MR) is 52.2 cm³/mol. The third-order valence-electron chi connectivity index (χ3n) is 2.29. The molecule has 3 nitrogen and oxygen atoms in total. The van der Waals surface area contributed by atoms with Crippen LogP contribution in [0.3, 0.4) is 0 Å². The lowest BCUT2D eigenvalue weighted by atomic mass is 9.93. The molecule has 72 valence electrons. The second kappa shape index (κ2) is 4.35. The third kappa shape index (κ3) is 2.79. The first-order valence-electron chi connectivity index (χ1n) is 4.51. The zero-order chi connectivity index (χ0) is 9.73. The largest absolute Gasteiger partial charge is 0.388 e. The minimum atomic E-state index is -0.775. The van der Waals surface area contributed by atoms with Gasteiger partial charge in [0.25, 0.3) is 0 Å². The van der Waals surface area contributed by atoms with E-state index in [-0.39, 0.29) is 0 Å². The second-order valence-electron chi connectivity index (χ2n) is 3.32. The first-order chi connectivity index (χ1) is 6.20. The Bertz CT molecular complexity index is 244. The van der Waals surface area contributed by atoms with Crippen molar-refractivity contribution in [2.75, 3.05) is 6.54 Å². The smallest absolute Gasteiger partial charge is 0.0807 e. The molecule has 1 rings (SSSR count). The fourth-order valence-electron chi connectivity index (χ4n) is 1.22. The van der Waals surface area contributed by atoms with Crippen LogP contribution in [0.25, 0.3) is 0 Å². The lowest BCUT2D eigenvalue weighted by molar-refractivity contribution is 0.0455. The molecule has 0 aliphatic heterocycles. The molecular formula is C10H16N2O. The Morgan fingerprint density at radius 1 is 1.62 bits per heavy atom. The van der Waals surface area contributed by atoms with Crippen molar-refractivity contribution in [2.45, 2.75) is 25.4 Å². The number of aliphatic hydroxyl groups is 1. The summed E-state index contributed by atoms with van der Waals surface area (Å²) in [4.78, 5) is 3.99. The van der Waals surface area contributed by atoms with E-state index in [4.69, 9.17) is 5.73 Å². The zero-order valence-corrected chi connectivity index (χ0v) is 7.90. The summed E-state index contributed by atoms with van der Waals surface area (Å²) in [6, 6.07) is 3.81.